The fourth-order valence-corrected chi connectivity index (χ4v) is 5.07. The molecule has 8 heteroatoms. The van der Waals surface area contributed by atoms with Crippen molar-refractivity contribution >= 4 is 15.7 Å². The molecule has 1 aliphatic heterocycles. The molecule has 0 amide bonds. The quantitative estimate of drug-likeness (QED) is 0.748. The maximum atomic E-state index is 12.8. The van der Waals surface area contributed by atoms with E-state index in [9.17, 15) is 13.2 Å². The summed E-state index contributed by atoms with van der Waals surface area (Å²) in [4.78, 5) is 16.8. The SMILES string of the molecule is Cc1ccc(S(=O)(=O)N2CCC(c3cc4nc(C)cc(=O)n4[nH]3)CC2)cc1. The minimum atomic E-state index is -3.47. The Morgan fingerprint density at radius 1 is 1.07 bits per heavy atom. The Morgan fingerprint density at radius 2 is 1.74 bits per heavy atom. The number of hydrogen-bond acceptors (Lipinski definition) is 4. The summed E-state index contributed by atoms with van der Waals surface area (Å²) < 4.78 is 28.6. The maximum absolute atomic E-state index is 12.8. The van der Waals surface area contributed by atoms with Crippen LogP contribution in [0.2, 0.25) is 0 Å². The zero-order valence-corrected chi connectivity index (χ0v) is 16.2. The average molecular weight is 386 g/mol. The van der Waals surface area contributed by atoms with Gasteiger partial charge >= 0.3 is 0 Å². The van der Waals surface area contributed by atoms with Gasteiger partial charge in [0.05, 0.1) is 4.90 Å². The van der Waals surface area contributed by atoms with Crippen LogP contribution in [0.25, 0.3) is 5.65 Å². The normalized spacial score (nSPS) is 16.8. The topological polar surface area (TPSA) is 87.5 Å². The predicted octanol–water partition coefficient (Wildman–Crippen LogP) is 2.21. The van der Waals surface area contributed by atoms with Crippen LogP contribution in [0.15, 0.2) is 46.1 Å². The molecule has 0 radical (unpaired) electrons. The van der Waals surface area contributed by atoms with E-state index in [0.29, 0.717) is 42.2 Å². The van der Waals surface area contributed by atoms with Crippen LogP contribution in [0.3, 0.4) is 0 Å². The molecule has 0 spiro atoms. The molecule has 0 atom stereocenters. The van der Waals surface area contributed by atoms with Gasteiger partial charge in [-0.15, -0.1) is 0 Å². The highest BCUT2D eigenvalue weighted by atomic mass is 32.2. The molecule has 3 aromatic rings. The molecule has 0 aliphatic carbocycles. The van der Waals surface area contributed by atoms with Crippen molar-refractivity contribution in [3.63, 3.8) is 0 Å². The van der Waals surface area contributed by atoms with Gasteiger partial charge in [0.2, 0.25) is 10.0 Å². The van der Waals surface area contributed by atoms with Crippen LogP contribution in [0, 0.1) is 13.8 Å². The molecular weight excluding hydrogens is 364 g/mol. The van der Waals surface area contributed by atoms with Gasteiger partial charge in [-0.1, -0.05) is 17.7 Å². The number of nitrogens with one attached hydrogen (secondary N) is 1. The van der Waals surface area contributed by atoms with Gasteiger partial charge in [-0.05, 0) is 38.8 Å². The van der Waals surface area contributed by atoms with Gasteiger partial charge in [0.15, 0.2) is 5.65 Å². The van der Waals surface area contributed by atoms with Crippen molar-refractivity contribution in [2.24, 2.45) is 0 Å². The van der Waals surface area contributed by atoms with Crippen molar-refractivity contribution in [2.45, 2.75) is 37.5 Å². The molecule has 7 nitrogen and oxygen atoms in total. The third kappa shape index (κ3) is 3.30. The number of piperidine rings is 1. The first kappa shape index (κ1) is 17.9. The Balaban J connectivity index is 1.53. The lowest BCUT2D eigenvalue weighted by atomic mass is 9.95. The number of sulfonamides is 1. The Kier molecular flexibility index (Phi) is 4.39. The second-order valence-electron chi connectivity index (χ2n) is 7.13. The summed E-state index contributed by atoms with van der Waals surface area (Å²) in [5, 5.41) is 3.13. The van der Waals surface area contributed by atoms with Crippen LogP contribution in [-0.4, -0.2) is 40.4 Å². The van der Waals surface area contributed by atoms with Crippen molar-refractivity contribution < 1.29 is 8.42 Å². The smallest absolute Gasteiger partial charge is 0.272 e. The van der Waals surface area contributed by atoms with E-state index in [1.807, 2.05) is 25.1 Å². The number of aromatic nitrogens is 3. The lowest BCUT2D eigenvalue weighted by Gasteiger charge is -2.30. The molecule has 1 aliphatic rings. The van der Waals surface area contributed by atoms with Crippen LogP contribution in [0.4, 0.5) is 0 Å². The third-order valence-electron chi connectivity index (χ3n) is 5.15. The minimum absolute atomic E-state index is 0.136. The highest BCUT2D eigenvalue weighted by Gasteiger charge is 2.30. The molecule has 0 bridgehead atoms. The van der Waals surface area contributed by atoms with E-state index >= 15 is 0 Å². The summed E-state index contributed by atoms with van der Waals surface area (Å²) in [6, 6.07) is 10.3. The zero-order chi connectivity index (χ0) is 19.2. The fraction of sp³-hybridized carbons (Fsp3) is 0.368. The second kappa shape index (κ2) is 6.61. The Hall–Kier alpha value is -2.45. The first-order chi connectivity index (χ1) is 12.8. The summed E-state index contributed by atoms with van der Waals surface area (Å²) in [6.45, 7) is 4.64. The average Bonchev–Trinajstić information content (AvgIpc) is 3.06. The second-order valence-corrected chi connectivity index (χ2v) is 9.07. The monoisotopic (exact) mass is 386 g/mol. The number of rotatable bonds is 3. The Morgan fingerprint density at radius 3 is 2.41 bits per heavy atom. The number of nitrogens with zero attached hydrogens (tertiary/aromatic N) is 3. The molecule has 27 heavy (non-hydrogen) atoms. The van der Waals surface area contributed by atoms with E-state index < -0.39 is 10.0 Å². The molecule has 142 valence electrons. The lowest BCUT2D eigenvalue weighted by Crippen LogP contribution is -2.38. The number of benzene rings is 1. The highest BCUT2D eigenvalue weighted by Crippen LogP contribution is 2.30. The minimum Gasteiger partial charge on any atom is -0.293 e. The van der Waals surface area contributed by atoms with Gasteiger partial charge in [0.1, 0.15) is 0 Å². The Labute approximate surface area is 157 Å². The first-order valence-electron chi connectivity index (χ1n) is 9.01. The number of aryl methyl sites for hydroxylation is 2. The molecule has 2 aromatic heterocycles. The van der Waals surface area contributed by atoms with Gasteiger partial charge in [-0.25, -0.2) is 17.9 Å². The molecule has 0 unspecified atom stereocenters. The number of aromatic amines is 1. The van der Waals surface area contributed by atoms with Crippen LogP contribution in [-0.2, 0) is 10.0 Å². The fourth-order valence-electron chi connectivity index (χ4n) is 3.60. The van der Waals surface area contributed by atoms with Crippen molar-refractivity contribution in [1.82, 2.24) is 18.9 Å². The van der Waals surface area contributed by atoms with E-state index in [1.165, 1.54) is 10.6 Å². The maximum Gasteiger partial charge on any atom is 0.272 e. The van der Waals surface area contributed by atoms with Crippen molar-refractivity contribution in [1.29, 1.82) is 0 Å². The van der Waals surface area contributed by atoms with Gasteiger partial charge in [-0.3, -0.25) is 9.89 Å². The standard InChI is InChI=1S/C19H22N4O3S/c1-13-3-5-16(6-4-13)27(25,26)22-9-7-15(8-10-22)17-12-18-20-14(2)11-19(24)23(18)21-17/h3-6,11-12,15,21H,7-10H2,1-2H3. The summed E-state index contributed by atoms with van der Waals surface area (Å²) in [5.41, 5.74) is 3.11. The lowest BCUT2D eigenvalue weighted by molar-refractivity contribution is 0.316. The van der Waals surface area contributed by atoms with Crippen LogP contribution in [0.5, 0.6) is 0 Å². The number of hydrogen-bond donors (Lipinski definition) is 1. The van der Waals surface area contributed by atoms with Crippen LogP contribution >= 0.6 is 0 Å². The summed E-state index contributed by atoms with van der Waals surface area (Å²) in [7, 11) is -3.47. The molecular formula is C19H22N4O3S. The summed E-state index contributed by atoms with van der Waals surface area (Å²) in [6.07, 6.45) is 1.40. The summed E-state index contributed by atoms with van der Waals surface area (Å²) >= 11 is 0. The van der Waals surface area contributed by atoms with E-state index in [1.54, 1.807) is 23.4 Å². The van der Waals surface area contributed by atoms with Crippen molar-refractivity contribution in [3.8, 4) is 0 Å². The molecule has 0 saturated carbocycles. The molecule has 1 fully saturated rings. The van der Waals surface area contributed by atoms with Crippen molar-refractivity contribution in [3.05, 3.63) is 63.7 Å². The molecule has 1 saturated heterocycles. The highest BCUT2D eigenvalue weighted by molar-refractivity contribution is 7.89. The van der Waals surface area contributed by atoms with Gasteiger partial charge in [-0.2, -0.15) is 4.31 Å². The predicted molar refractivity (Wildman–Crippen MR) is 102 cm³/mol. The largest absolute Gasteiger partial charge is 0.293 e. The van der Waals surface area contributed by atoms with E-state index in [2.05, 4.69) is 10.1 Å². The van der Waals surface area contributed by atoms with Crippen molar-refractivity contribution in [2.75, 3.05) is 13.1 Å². The molecule has 1 N–H and O–H groups in total. The van der Waals surface area contributed by atoms with Gasteiger partial charge < -0.3 is 0 Å². The molecule has 1 aromatic carbocycles. The number of fused-ring (bicyclic) bond motifs is 1. The zero-order valence-electron chi connectivity index (χ0n) is 15.3. The third-order valence-corrected chi connectivity index (χ3v) is 7.06. The first-order valence-corrected chi connectivity index (χ1v) is 10.4. The van der Waals surface area contributed by atoms with E-state index in [0.717, 1.165) is 11.3 Å². The van der Waals surface area contributed by atoms with E-state index in [-0.39, 0.29) is 11.5 Å². The van der Waals surface area contributed by atoms with E-state index in [4.69, 9.17) is 0 Å². The van der Waals surface area contributed by atoms with Crippen LogP contribution in [0.1, 0.15) is 35.7 Å². The van der Waals surface area contributed by atoms with Crippen LogP contribution < -0.4 is 5.56 Å². The number of H-pyrrole nitrogens is 1. The van der Waals surface area contributed by atoms with Gasteiger partial charge in [0, 0.05) is 42.5 Å². The Bertz CT molecular complexity index is 1140. The van der Waals surface area contributed by atoms with Gasteiger partial charge in [0.25, 0.3) is 5.56 Å². The summed E-state index contributed by atoms with van der Waals surface area (Å²) in [5.74, 6) is 0.177. The molecule has 3 heterocycles. The molecule has 4 rings (SSSR count).